The van der Waals surface area contributed by atoms with Crippen molar-refractivity contribution < 1.29 is 23.5 Å². The largest absolute Gasteiger partial charge is 0.445 e. The quantitative estimate of drug-likeness (QED) is 0.243. The minimum absolute atomic E-state index is 0.100. The number of benzene rings is 2. The Balaban J connectivity index is 1.80. The average Bonchev–Trinajstić information content (AvgIpc) is 2.81. The molecular formula is C27H31NO6. The van der Waals surface area contributed by atoms with E-state index in [0.29, 0.717) is 36.0 Å². The topological polar surface area (TPSA) is 94.8 Å². The smallest absolute Gasteiger partial charge is 0.408 e. The molecule has 34 heavy (non-hydrogen) atoms. The second-order valence-corrected chi connectivity index (χ2v) is 8.30. The number of aryl methyl sites for hydroxylation is 2. The molecule has 0 radical (unpaired) electrons. The Morgan fingerprint density at radius 1 is 1.06 bits per heavy atom. The molecule has 0 aliphatic heterocycles. The lowest BCUT2D eigenvalue weighted by Gasteiger charge is -2.18. The van der Waals surface area contributed by atoms with E-state index in [0.717, 1.165) is 29.5 Å². The molecule has 0 spiro atoms. The van der Waals surface area contributed by atoms with Crippen LogP contribution in [0, 0.1) is 6.92 Å². The van der Waals surface area contributed by atoms with Gasteiger partial charge in [0, 0.05) is 6.07 Å². The monoisotopic (exact) mass is 465 g/mol. The van der Waals surface area contributed by atoms with E-state index >= 15 is 0 Å². The normalized spacial score (nSPS) is 11.7. The highest BCUT2D eigenvalue weighted by molar-refractivity contribution is 5.91. The molecule has 0 aliphatic carbocycles. The van der Waals surface area contributed by atoms with E-state index in [4.69, 9.17) is 13.9 Å². The lowest BCUT2D eigenvalue weighted by Crippen LogP contribution is -2.43. The second kappa shape index (κ2) is 12.0. The highest BCUT2D eigenvalue weighted by Gasteiger charge is 2.24. The van der Waals surface area contributed by atoms with Gasteiger partial charge < -0.3 is 19.2 Å². The Kier molecular flexibility index (Phi) is 8.85. The van der Waals surface area contributed by atoms with Crippen LogP contribution in [0.1, 0.15) is 56.2 Å². The van der Waals surface area contributed by atoms with E-state index < -0.39 is 23.7 Å². The summed E-state index contributed by atoms with van der Waals surface area (Å²) in [5.74, 6) is -0.284. The van der Waals surface area contributed by atoms with Gasteiger partial charge in [0.05, 0.1) is 5.39 Å². The van der Waals surface area contributed by atoms with E-state index in [1.807, 2.05) is 44.2 Å². The summed E-state index contributed by atoms with van der Waals surface area (Å²) in [4.78, 5) is 37.5. The number of rotatable bonds is 10. The summed E-state index contributed by atoms with van der Waals surface area (Å²) >= 11 is 0. The van der Waals surface area contributed by atoms with Crippen molar-refractivity contribution in [2.75, 3.05) is 0 Å². The van der Waals surface area contributed by atoms with Crippen LogP contribution in [-0.2, 0) is 22.6 Å². The zero-order valence-corrected chi connectivity index (χ0v) is 19.9. The van der Waals surface area contributed by atoms with Gasteiger partial charge in [-0.1, -0.05) is 57.0 Å². The van der Waals surface area contributed by atoms with E-state index in [1.165, 1.54) is 6.07 Å². The fourth-order valence-corrected chi connectivity index (χ4v) is 3.74. The predicted molar refractivity (Wildman–Crippen MR) is 130 cm³/mol. The van der Waals surface area contributed by atoms with Gasteiger partial charge in [-0.3, -0.25) is 0 Å². The third kappa shape index (κ3) is 6.70. The average molecular weight is 466 g/mol. The van der Waals surface area contributed by atoms with Crippen molar-refractivity contribution in [3.8, 4) is 5.75 Å². The lowest BCUT2D eigenvalue weighted by atomic mass is 10.0. The Morgan fingerprint density at radius 2 is 1.82 bits per heavy atom. The molecule has 0 saturated heterocycles. The summed E-state index contributed by atoms with van der Waals surface area (Å²) < 4.78 is 16.4. The summed E-state index contributed by atoms with van der Waals surface area (Å²) in [6.45, 7) is 5.91. The molecule has 1 N–H and O–H groups in total. The van der Waals surface area contributed by atoms with Gasteiger partial charge in [-0.05, 0) is 55.0 Å². The van der Waals surface area contributed by atoms with Crippen LogP contribution >= 0.6 is 0 Å². The lowest BCUT2D eigenvalue weighted by molar-refractivity contribution is -0.136. The van der Waals surface area contributed by atoms with Crippen molar-refractivity contribution in [3.05, 3.63) is 75.6 Å². The Morgan fingerprint density at radius 3 is 2.53 bits per heavy atom. The molecule has 1 heterocycles. The summed E-state index contributed by atoms with van der Waals surface area (Å²) in [7, 11) is 0. The summed E-state index contributed by atoms with van der Waals surface area (Å²) in [5, 5.41) is 3.23. The summed E-state index contributed by atoms with van der Waals surface area (Å²) in [6, 6.07) is 13.4. The highest BCUT2D eigenvalue weighted by atomic mass is 16.6. The van der Waals surface area contributed by atoms with E-state index in [1.54, 1.807) is 12.1 Å². The maximum atomic E-state index is 13.1. The molecule has 1 atom stereocenters. The van der Waals surface area contributed by atoms with E-state index in [9.17, 15) is 14.4 Å². The Hall–Kier alpha value is -3.61. The summed E-state index contributed by atoms with van der Waals surface area (Å²) in [5.41, 5.74) is 2.35. The van der Waals surface area contributed by atoms with Gasteiger partial charge in [0.25, 0.3) is 0 Å². The van der Waals surface area contributed by atoms with Crippen molar-refractivity contribution in [2.45, 2.75) is 65.5 Å². The van der Waals surface area contributed by atoms with Gasteiger partial charge in [0.1, 0.15) is 24.0 Å². The number of hydrogen-bond donors (Lipinski definition) is 1. The van der Waals surface area contributed by atoms with Gasteiger partial charge in [-0.2, -0.15) is 0 Å². The van der Waals surface area contributed by atoms with Crippen LogP contribution in [0.3, 0.4) is 0 Å². The molecule has 7 nitrogen and oxygen atoms in total. The van der Waals surface area contributed by atoms with Crippen molar-refractivity contribution >= 4 is 23.0 Å². The number of carbonyl (C=O) groups is 2. The number of carbonyl (C=O) groups excluding carboxylic acids is 2. The van der Waals surface area contributed by atoms with Crippen LogP contribution in [-0.4, -0.2) is 18.1 Å². The van der Waals surface area contributed by atoms with Crippen LogP contribution in [0.25, 0.3) is 11.0 Å². The molecule has 0 saturated carbocycles. The van der Waals surface area contributed by atoms with Crippen LogP contribution in [0.15, 0.2) is 57.7 Å². The first-order valence-electron chi connectivity index (χ1n) is 11.7. The fraction of sp³-hybridized carbons (Fsp3) is 0.370. The number of esters is 1. The van der Waals surface area contributed by atoms with Gasteiger partial charge >= 0.3 is 17.7 Å². The first-order valence-corrected chi connectivity index (χ1v) is 11.7. The minimum atomic E-state index is -0.876. The molecule has 180 valence electrons. The molecule has 0 bridgehead atoms. The van der Waals surface area contributed by atoms with Gasteiger partial charge in [-0.15, -0.1) is 0 Å². The van der Waals surface area contributed by atoms with Crippen molar-refractivity contribution in [1.29, 1.82) is 0 Å². The van der Waals surface area contributed by atoms with Crippen LogP contribution in [0.2, 0.25) is 0 Å². The van der Waals surface area contributed by atoms with Crippen molar-refractivity contribution in [1.82, 2.24) is 5.32 Å². The van der Waals surface area contributed by atoms with E-state index in [-0.39, 0.29) is 6.61 Å². The number of fused-ring (bicyclic) bond motifs is 1. The molecule has 0 fully saturated rings. The van der Waals surface area contributed by atoms with Crippen LogP contribution in [0.4, 0.5) is 4.79 Å². The molecule has 0 aliphatic rings. The van der Waals surface area contributed by atoms with Gasteiger partial charge in [-0.25, -0.2) is 14.4 Å². The molecule has 1 aromatic heterocycles. The number of hydrogen-bond acceptors (Lipinski definition) is 6. The maximum Gasteiger partial charge on any atom is 0.408 e. The predicted octanol–water partition coefficient (Wildman–Crippen LogP) is 5.44. The number of nitrogens with one attached hydrogen (secondary N) is 1. The number of ether oxygens (including phenoxy) is 2. The fourth-order valence-electron chi connectivity index (χ4n) is 3.74. The van der Waals surface area contributed by atoms with Crippen LogP contribution in [0.5, 0.6) is 5.75 Å². The molecule has 3 rings (SSSR count). The number of unbranched alkanes of at least 4 members (excludes halogenated alkanes) is 1. The maximum absolute atomic E-state index is 13.1. The third-order valence-electron chi connectivity index (χ3n) is 5.41. The Bertz CT molecular complexity index is 1180. The highest BCUT2D eigenvalue weighted by Crippen LogP contribution is 2.31. The van der Waals surface area contributed by atoms with Crippen molar-refractivity contribution in [2.24, 2.45) is 0 Å². The molecule has 7 heteroatoms. The zero-order chi connectivity index (χ0) is 24.5. The van der Waals surface area contributed by atoms with Gasteiger partial charge in [0.15, 0.2) is 0 Å². The standard InChI is InChI=1S/C27H31NO6/c1-4-6-13-20-16-24(29)33-22-14-18(3)15-23(25(20)22)34-26(30)21(10-5-2)28-27(31)32-17-19-11-8-7-9-12-19/h7-9,11-12,14-16,21H,4-6,10,13,17H2,1-3H3,(H,28,31). The van der Waals surface area contributed by atoms with Crippen molar-refractivity contribution in [3.63, 3.8) is 0 Å². The summed E-state index contributed by atoms with van der Waals surface area (Å²) in [6.07, 6.45) is 2.85. The van der Waals surface area contributed by atoms with E-state index in [2.05, 4.69) is 12.2 Å². The minimum Gasteiger partial charge on any atom is -0.445 e. The Labute approximate surface area is 199 Å². The first-order chi connectivity index (χ1) is 16.4. The molecular weight excluding hydrogens is 434 g/mol. The zero-order valence-electron chi connectivity index (χ0n) is 19.9. The first kappa shape index (κ1) is 25.0. The molecule has 2 aromatic carbocycles. The molecule has 1 unspecified atom stereocenters. The second-order valence-electron chi connectivity index (χ2n) is 8.30. The van der Waals surface area contributed by atoms with Crippen LogP contribution < -0.4 is 15.7 Å². The molecule has 3 aromatic rings. The molecule has 1 amide bonds. The van der Waals surface area contributed by atoms with Gasteiger partial charge in [0.2, 0.25) is 0 Å². The number of alkyl carbamates (subject to hydrolysis) is 1. The SMILES string of the molecule is CCCCc1cc(=O)oc2cc(C)cc(OC(=O)C(CCC)NC(=O)OCc3ccccc3)c12. The third-order valence-corrected chi connectivity index (χ3v) is 5.41. The number of amides is 1.